The first-order chi connectivity index (χ1) is 11.8. The molecule has 24 heavy (non-hydrogen) atoms. The molecule has 5 heteroatoms. The maximum absolute atomic E-state index is 4.70. The smallest absolute Gasteiger partial charge is 0.252 e. The van der Waals surface area contributed by atoms with Crippen molar-refractivity contribution in [3.63, 3.8) is 0 Å². The average Bonchev–Trinajstić information content (AvgIpc) is 3.02. The zero-order chi connectivity index (χ0) is 16.4. The number of rotatable bonds is 3. The molecule has 0 spiro atoms. The molecule has 0 aliphatic heterocycles. The lowest BCUT2D eigenvalue weighted by molar-refractivity contribution is 0.944. The van der Waals surface area contributed by atoms with Crippen LogP contribution in [0, 0.1) is 0 Å². The van der Waals surface area contributed by atoms with Gasteiger partial charge in [-0.3, -0.25) is 0 Å². The van der Waals surface area contributed by atoms with Crippen LogP contribution in [0.1, 0.15) is 11.1 Å². The Kier molecular flexibility index (Phi) is 3.59. The molecule has 4 aromatic rings. The summed E-state index contributed by atoms with van der Waals surface area (Å²) in [6, 6.07) is 20.1. The highest BCUT2D eigenvalue weighted by Crippen LogP contribution is 2.17. The van der Waals surface area contributed by atoms with E-state index in [9.17, 15) is 0 Å². The zero-order valence-corrected chi connectivity index (χ0v) is 13.2. The molecule has 4 rings (SSSR count). The summed E-state index contributed by atoms with van der Waals surface area (Å²) in [4.78, 5) is 17.8. The van der Waals surface area contributed by atoms with Crippen molar-refractivity contribution in [1.82, 2.24) is 19.5 Å². The fourth-order valence-corrected chi connectivity index (χ4v) is 2.55. The van der Waals surface area contributed by atoms with Gasteiger partial charge >= 0.3 is 0 Å². The minimum Gasteiger partial charge on any atom is -0.331 e. The van der Waals surface area contributed by atoms with Crippen LogP contribution in [0.25, 0.3) is 11.2 Å². The van der Waals surface area contributed by atoms with Gasteiger partial charge in [-0.05, 0) is 0 Å². The number of aryl methyl sites for hydroxylation is 1. The topological polar surface area (TPSA) is 56.0 Å². The van der Waals surface area contributed by atoms with E-state index in [0.29, 0.717) is 11.6 Å². The van der Waals surface area contributed by atoms with Gasteiger partial charge in [-0.15, -0.1) is 0 Å². The monoisotopic (exact) mass is 313 g/mol. The molecular weight excluding hydrogens is 298 g/mol. The third-order valence-electron chi connectivity index (χ3n) is 3.78. The number of nitrogens with zero attached hydrogens (tertiary/aromatic N) is 5. The summed E-state index contributed by atoms with van der Waals surface area (Å²) < 4.78 is 1.89. The second-order valence-corrected chi connectivity index (χ2v) is 5.43. The molecule has 0 aliphatic rings. The number of benzene rings is 2. The van der Waals surface area contributed by atoms with Crippen LogP contribution < -0.4 is 0 Å². The van der Waals surface area contributed by atoms with Gasteiger partial charge in [0.05, 0.1) is 18.2 Å². The maximum atomic E-state index is 4.70. The molecule has 0 amide bonds. The minimum absolute atomic E-state index is 0.406. The molecule has 0 unspecified atom stereocenters. The van der Waals surface area contributed by atoms with Crippen LogP contribution in [0.3, 0.4) is 0 Å². The van der Waals surface area contributed by atoms with Crippen molar-refractivity contribution in [2.24, 2.45) is 12.0 Å². The van der Waals surface area contributed by atoms with Crippen molar-refractivity contribution < 1.29 is 0 Å². The summed E-state index contributed by atoms with van der Waals surface area (Å²) in [6.45, 7) is 0. The summed E-state index contributed by atoms with van der Waals surface area (Å²) >= 11 is 0. The molecule has 0 saturated heterocycles. The first kappa shape index (κ1) is 14.3. The number of hydrogen-bond donors (Lipinski definition) is 0. The van der Waals surface area contributed by atoms with E-state index >= 15 is 0 Å². The highest BCUT2D eigenvalue weighted by Gasteiger charge is 2.09. The van der Waals surface area contributed by atoms with Crippen molar-refractivity contribution in [3.05, 3.63) is 84.3 Å². The quantitative estimate of drug-likeness (QED) is 0.544. The Morgan fingerprint density at radius 2 is 1.50 bits per heavy atom. The molecule has 2 aromatic carbocycles. The SMILES string of the molecule is Cn1cnc2nc(N=C(c3ccccc3)c3ccccc3)ncc21. The number of aliphatic imine (C=N–C) groups is 1. The zero-order valence-electron chi connectivity index (χ0n) is 13.2. The molecule has 0 fully saturated rings. The van der Waals surface area contributed by atoms with E-state index in [1.54, 1.807) is 12.5 Å². The van der Waals surface area contributed by atoms with Gasteiger partial charge in [0, 0.05) is 18.2 Å². The predicted molar refractivity (Wildman–Crippen MR) is 94.5 cm³/mol. The van der Waals surface area contributed by atoms with E-state index in [0.717, 1.165) is 22.4 Å². The fraction of sp³-hybridized carbons (Fsp3) is 0.0526. The fourth-order valence-electron chi connectivity index (χ4n) is 2.55. The van der Waals surface area contributed by atoms with Gasteiger partial charge in [-0.1, -0.05) is 60.7 Å². The lowest BCUT2D eigenvalue weighted by Gasteiger charge is -2.06. The van der Waals surface area contributed by atoms with E-state index in [-0.39, 0.29) is 0 Å². The van der Waals surface area contributed by atoms with Gasteiger partial charge in [-0.2, -0.15) is 4.98 Å². The van der Waals surface area contributed by atoms with Crippen molar-refractivity contribution in [2.75, 3.05) is 0 Å². The molecule has 0 radical (unpaired) electrons. The molecule has 0 saturated carbocycles. The Bertz CT molecular complexity index is 962. The summed E-state index contributed by atoms with van der Waals surface area (Å²) in [5.74, 6) is 0.406. The van der Waals surface area contributed by atoms with Gasteiger partial charge in [-0.25, -0.2) is 15.0 Å². The summed E-state index contributed by atoms with van der Waals surface area (Å²) in [6.07, 6.45) is 3.48. The second-order valence-electron chi connectivity index (χ2n) is 5.43. The van der Waals surface area contributed by atoms with E-state index in [1.165, 1.54) is 0 Å². The van der Waals surface area contributed by atoms with E-state index in [4.69, 9.17) is 4.99 Å². The Balaban J connectivity index is 1.86. The van der Waals surface area contributed by atoms with E-state index in [2.05, 4.69) is 15.0 Å². The lowest BCUT2D eigenvalue weighted by atomic mass is 10.0. The standard InChI is InChI=1S/C19H15N5/c1-24-13-21-18-16(24)12-20-19(23-18)22-17(14-8-4-2-5-9-14)15-10-6-3-7-11-15/h2-13H,1H3. The number of fused-ring (bicyclic) bond motifs is 1. The Morgan fingerprint density at radius 1 is 0.875 bits per heavy atom. The van der Waals surface area contributed by atoms with Crippen LogP contribution in [-0.4, -0.2) is 25.2 Å². The number of aromatic nitrogens is 4. The normalized spacial score (nSPS) is 10.7. The molecule has 2 aromatic heterocycles. The number of hydrogen-bond acceptors (Lipinski definition) is 4. The van der Waals surface area contributed by atoms with E-state index < -0.39 is 0 Å². The Morgan fingerprint density at radius 3 is 2.12 bits per heavy atom. The molecular formula is C19H15N5. The third kappa shape index (κ3) is 2.67. The minimum atomic E-state index is 0.406. The van der Waals surface area contributed by atoms with Gasteiger partial charge in [0.25, 0.3) is 5.95 Å². The van der Waals surface area contributed by atoms with Crippen molar-refractivity contribution >= 4 is 22.8 Å². The molecule has 0 aliphatic carbocycles. The van der Waals surface area contributed by atoms with Crippen molar-refractivity contribution in [3.8, 4) is 0 Å². The molecule has 0 atom stereocenters. The van der Waals surface area contributed by atoms with Crippen LogP contribution in [0.4, 0.5) is 5.95 Å². The van der Waals surface area contributed by atoms with Crippen LogP contribution in [-0.2, 0) is 7.05 Å². The van der Waals surface area contributed by atoms with Gasteiger partial charge < -0.3 is 4.57 Å². The van der Waals surface area contributed by atoms with E-state index in [1.807, 2.05) is 72.3 Å². The summed E-state index contributed by atoms with van der Waals surface area (Å²) in [5, 5.41) is 0. The number of imidazole rings is 1. The molecule has 5 nitrogen and oxygen atoms in total. The first-order valence-electron chi connectivity index (χ1n) is 7.65. The van der Waals surface area contributed by atoms with Crippen LogP contribution in [0.15, 0.2) is 78.2 Å². The van der Waals surface area contributed by atoms with Crippen LogP contribution >= 0.6 is 0 Å². The molecule has 2 heterocycles. The molecule has 116 valence electrons. The van der Waals surface area contributed by atoms with Crippen molar-refractivity contribution in [1.29, 1.82) is 0 Å². The predicted octanol–water partition coefficient (Wildman–Crippen LogP) is 3.53. The van der Waals surface area contributed by atoms with Gasteiger partial charge in [0.1, 0.15) is 5.52 Å². The average molecular weight is 313 g/mol. The van der Waals surface area contributed by atoms with Crippen LogP contribution in [0.2, 0.25) is 0 Å². The lowest BCUT2D eigenvalue weighted by Crippen LogP contribution is -2.03. The maximum Gasteiger partial charge on any atom is 0.252 e. The second kappa shape index (κ2) is 6.04. The summed E-state index contributed by atoms with van der Waals surface area (Å²) in [5.41, 5.74) is 4.41. The van der Waals surface area contributed by atoms with Crippen LogP contribution in [0.5, 0.6) is 0 Å². The third-order valence-corrected chi connectivity index (χ3v) is 3.78. The summed E-state index contributed by atoms with van der Waals surface area (Å²) in [7, 11) is 1.92. The first-order valence-corrected chi connectivity index (χ1v) is 7.65. The van der Waals surface area contributed by atoms with Gasteiger partial charge in [0.2, 0.25) is 0 Å². The highest BCUT2D eigenvalue weighted by atomic mass is 15.1. The van der Waals surface area contributed by atoms with Crippen molar-refractivity contribution in [2.45, 2.75) is 0 Å². The highest BCUT2D eigenvalue weighted by molar-refractivity contribution is 6.13. The molecule has 0 bridgehead atoms. The van der Waals surface area contributed by atoms with Gasteiger partial charge in [0.15, 0.2) is 5.65 Å². The largest absolute Gasteiger partial charge is 0.331 e. The molecule has 0 N–H and O–H groups in total. The Labute approximate surface area is 139 Å². The Hall–Kier alpha value is -3.34.